The maximum absolute atomic E-state index is 12.3. The summed E-state index contributed by atoms with van der Waals surface area (Å²) >= 11 is 0. The van der Waals surface area contributed by atoms with E-state index >= 15 is 0 Å². The van der Waals surface area contributed by atoms with Crippen LogP contribution in [0.2, 0.25) is 0 Å². The van der Waals surface area contributed by atoms with Gasteiger partial charge in [-0.2, -0.15) is 0 Å². The van der Waals surface area contributed by atoms with E-state index in [1.165, 1.54) is 32.4 Å². The molecule has 2 aromatic carbocycles. The largest absolute Gasteiger partial charge is 0.465 e. The van der Waals surface area contributed by atoms with Gasteiger partial charge >= 0.3 is 11.9 Å². The molecule has 1 N–H and O–H groups in total. The number of carbonyl (C=O) groups excluding carboxylic acids is 3. The molecule has 124 valence electrons. The summed E-state index contributed by atoms with van der Waals surface area (Å²) in [7, 11) is 2.47. The molecule has 0 aromatic heterocycles. The number of hydrogen-bond donors (Lipinski definition) is 1. The third kappa shape index (κ3) is 3.98. The molecule has 0 unspecified atom stereocenters. The van der Waals surface area contributed by atoms with Gasteiger partial charge in [0.25, 0.3) is 5.91 Å². The molecule has 0 aliphatic rings. The molecule has 24 heavy (non-hydrogen) atoms. The van der Waals surface area contributed by atoms with Gasteiger partial charge in [0.1, 0.15) is 0 Å². The lowest BCUT2D eigenvalue weighted by Crippen LogP contribution is -2.14. The molecule has 6 heteroatoms. The van der Waals surface area contributed by atoms with Crippen LogP contribution in [-0.4, -0.2) is 32.1 Å². The van der Waals surface area contributed by atoms with Crippen molar-refractivity contribution in [3.05, 3.63) is 64.7 Å². The fraction of sp³-hybridized carbons (Fsp3) is 0.167. The maximum Gasteiger partial charge on any atom is 0.337 e. The first-order chi connectivity index (χ1) is 11.4. The van der Waals surface area contributed by atoms with E-state index in [-0.39, 0.29) is 17.0 Å². The molecule has 0 aliphatic heterocycles. The van der Waals surface area contributed by atoms with E-state index in [4.69, 9.17) is 0 Å². The van der Waals surface area contributed by atoms with Crippen LogP contribution in [0.3, 0.4) is 0 Å². The van der Waals surface area contributed by atoms with Crippen LogP contribution in [0.5, 0.6) is 0 Å². The van der Waals surface area contributed by atoms with Gasteiger partial charge in [-0.3, -0.25) is 4.79 Å². The average molecular weight is 327 g/mol. The zero-order valence-electron chi connectivity index (χ0n) is 13.6. The van der Waals surface area contributed by atoms with E-state index in [1.54, 1.807) is 12.1 Å². The normalized spacial score (nSPS) is 9.96. The van der Waals surface area contributed by atoms with Crippen molar-refractivity contribution < 1.29 is 23.9 Å². The summed E-state index contributed by atoms with van der Waals surface area (Å²) < 4.78 is 9.32. The highest BCUT2D eigenvalue weighted by Gasteiger charge is 2.15. The molecule has 0 saturated heterocycles. The number of aryl methyl sites for hydroxylation is 1. The van der Waals surface area contributed by atoms with E-state index in [0.29, 0.717) is 11.3 Å². The summed E-state index contributed by atoms with van der Waals surface area (Å²) in [5, 5.41) is 2.66. The van der Waals surface area contributed by atoms with Crippen LogP contribution in [-0.2, 0) is 9.47 Å². The number of benzene rings is 2. The molecular formula is C18H17NO5. The van der Waals surface area contributed by atoms with Crippen molar-refractivity contribution in [2.45, 2.75) is 6.92 Å². The Bertz CT molecular complexity index is 746. The topological polar surface area (TPSA) is 81.7 Å². The molecular weight excluding hydrogens is 310 g/mol. The van der Waals surface area contributed by atoms with Gasteiger partial charge in [-0.1, -0.05) is 17.7 Å². The van der Waals surface area contributed by atoms with Crippen LogP contribution >= 0.6 is 0 Å². The lowest BCUT2D eigenvalue weighted by Gasteiger charge is -2.10. The summed E-state index contributed by atoms with van der Waals surface area (Å²) in [6.07, 6.45) is 0. The van der Waals surface area contributed by atoms with Gasteiger partial charge < -0.3 is 14.8 Å². The molecule has 0 aliphatic carbocycles. The second-order valence-electron chi connectivity index (χ2n) is 5.10. The molecule has 0 heterocycles. The SMILES string of the molecule is COC(=O)c1cc(NC(=O)c2ccc(C)cc2)cc(C(=O)OC)c1. The van der Waals surface area contributed by atoms with E-state index in [0.717, 1.165) is 5.56 Å². The Kier molecular flexibility index (Phi) is 5.31. The van der Waals surface area contributed by atoms with Gasteiger partial charge in [0.05, 0.1) is 25.3 Å². The first-order valence-electron chi connectivity index (χ1n) is 7.14. The molecule has 0 fully saturated rings. The summed E-state index contributed by atoms with van der Waals surface area (Å²) in [6, 6.07) is 11.2. The number of hydrogen-bond acceptors (Lipinski definition) is 5. The van der Waals surface area contributed by atoms with Gasteiger partial charge in [-0.05, 0) is 37.3 Å². The highest BCUT2D eigenvalue weighted by atomic mass is 16.5. The Balaban J connectivity index is 2.34. The summed E-state index contributed by atoms with van der Waals surface area (Å²) in [5.74, 6) is -1.59. The second-order valence-corrected chi connectivity index (χ2v) is 5.10. The van der Waals surface area contributed by atoms with Crippen molar-refractivity contribution in [2.24, 2.45) is 0 Å². The van der Waals surface area contributed by atoms with Crippen LogP contribution in [0, 0.1) is 6.92 Å². The highest BCUT2D eigenvalue weighted by molar-refractivity contribution is 6.06. The number of methoxy groups -OCH3 is 2. The van der Waals surface area contributed by atoms with Gasteiger partial charge in [0.2, 0.25) is 0 Å². The number of carbonyl (C=O) groups is 3. The Morgan fingerprint density at radius 1 is 0.792 bits per heavy atom. The minimum Gasteiger partial charge on any atom is -0.465 e. The number of esters is 2. The Morgan fingerprint density at radius 3 is 1.75 bits per heavy atom. The molecule has 2 rings (SSSR count). The minimum atomic E-state index is -0.619. The van der Waals surface area contributed by atoms with E-state index < -0.39 is 11.9 Å². The zero-order chi connectivity index (χ0) is 17.7. The van der Waals surface area contributed by atoms with Crippen LogP contribution in [0.4, 0.5) is 5.69 Å². The summed E-state index contributed by atoms with van der Waals surface area (Å²) in [6.45, 7) is 1.92. The standard InChI is InChI=1S/C18H17NO5/c1-11-4-6-12(7-5-11)16(20)19-15-9-13(17(21)23-2)8-14(10-15)18(22)24-3/h4-10H,1-3H3,(H,19,20). The predicted octanol–water partition coefficient (Wildman–Crippen LogP) is 2.82. The molecule has 0 bridgehead atoms. The number of nitrogens with one attached hydrogen (secondary N) is 1. The van der Waals surface area contributed by atoms with Crippen molar-refractivity contribution in [2.75, 3.05) is 19.5 Å². The second kappa shape index (κ2) is 7.41. The van der Waals surface area contributed by atoms with Crippen LogP contribution in [0.1, 0.15) is 36.6 Å². The molecule has 2 aromatic rings. The Morgan fingerprint density at radius 2 is 1.29 bits per heavy atom. The molecule has 1 amide bonds. The van der Waals surface area contributed by atoms with E-state index in [9.17, 15) is 14.4 Å². The molecule has 6 nitrogen and oxygen atoms in total. The fourth-order valence-corrected chi connectivity index (χ4v) is 2.08. The Hall–Kier alpha value is -3.15. The van der Waals surface area contributed by atoms with Crippen molar-refractivity contribution in [1.29, 1.82) is 0 Å². The third-order valence-electron chi connectivity index (χ3n) is 3.35. The van der Waals surface area contributed by atoms with Gasteiger partial charge in [0.15, 0.2) is 0 Å². The first kappa shape index (κ1) is 17.2. The lowest BCUT2D eigenvalue weighted by molar-refractivity contribution is 0.0599. The number of anilines is 1. The molecule has 0 saturated carbocycles. The number of ether oxygens (including phenoxy) is 2. The van der Waals surface area contributed by atoms with Crippen molar-refractivity contribution in [1.82, 2.24) is 0 Å². The monoisotopic (exact) mass is 327 g/mol. The van der Waals surface area contributed by atoms with E-state index in [1.807, 2.05) is 19.1 Å². The van der Waals surface area contributed by atoms with Gasteiger partial charge in [-0.15, -0.1) is 0 Å². The Labute approximate surface area is 139 Å². The summed E-state index contributed by atoms with van der Waals surface area (Å²) in [4.78, 5) is 35.8. The highest BCUT2D eigenvalue weighted by Crippen LogP contribution is 2.18. The van der Waals surface area contributed by atoms with Crippen molar-refractivity contribution in [3.63, 3.8) is 0 Å². The third-order valence-corrected chi connectivity index (χ3v) is 3.35. The predicted molar refractivity (Wildman–Crippen MR) is 88.3 cm³/mol. The molecule has 0 radical (unpaired) electrons. The lowest BCUT2D eigenvalue weighted by atomic mass is 10.1. The van der Waals surface area contributed by atoms with E-state index in [2.05, 4.69) is 14.8 Å². The van der Waals surface area contributed by atoms with Gasteiger partial charge in [-0.25, -0.2) is 9.59 Å². The quantitative estimate of drug-likeness (QED) is 0.873. The number of amides is 1. The van der Waals surface area contributed by atoms with Crippen LogP contribution in [0.25, 0.3) is 0 Å². The van der Waals surface area contributed by atoms with Crippen LogP contribution in [0.15, 0.2) is 42.5 Å². The molecule has 0 atom stereocenters. The fourth-order valence-electron chi connectivity index (χ4n) is 2.08. The van der Waals surface area contributed by atoms with Crippen LogP contribution < -0.4 is 5.32 Å². The zero-order valence-corrected chi connectivity index (χ0v) is 13.6. The smallest absolute Gasteiger partial charge is 0.337 e. The maximum atomic E-state index is 12.3. The van der Waals surface area contributed by atoms with Gasteiger partial charge in [0, 0.05) is 11.3 Å². The molecule has 0 spiro atoms. The van der Waals surface area contributed by atoms with Crippen molar-refractivity contribution >= 4 is 23.5 Å². The summed E-state index contributed by atoms with van der Waals surface area (Å²) in [5.41, 5.74) is 2.07. The average Bonchev–Trinajstić information content (AvgIpc) is 2.60. The number of rotatable bonds is 4. The minimum absolute atomic E-state index is 0.139. The first-order valence-corrected chi connectivity index (χ1v) is 7.14. The van der Waals surface area contributed by atoms with Crippen molar-refractivity contribution in [3.8, 4) is 0 Å².